The van der Waals surface area contributed by atoms with Gasteiger partial charge in [0.25, 0.3) is 5.91 Å². The molecule has 0 radical (unpaired) electrons. The van der Waals surface area contributed by atoms with Gasteiger partial charge in [-0.05, 0) is 66.1 Å². The second-order valence-electron chi connectivity index (χ2n) is 9.51. The minimum absolute atomic E-state index is 0.0150. The summed E-state index contributed by atoms with van der Waals surface area (Å²) in [4.78, 5) is 30.9. The lowest BCUT2D eigenvalue weighted by atomic mass is 10.0. The van der Waals surface area contributed by atoms with E-state index in [1.54, 1.807) is 43.3 Å². The van der Waals surface area contributed by atoms with Crippen LogP contribution in [0.15, 0.2) is 96.2 Å². The number of aryl methyl sites for hydroxylation is 1. The molecule has 3 N–H and O–H groups in total. The largest absolute Gasteiger partial charge is 0.493 e. The van der Waals surface area contributed by atoms with Crippen LogP contribution in [0, 0.1) is 5.82 Å². The fourth-order valence-electron chi connectivity index (χ4n) is 4.62. The number of aromatic nitrogens is 2. The molecule has 0 unspecified atom stereocenters. The van der Waals surface area contributed by atoms with Crippen molar-refractivity contribution in [3.8, 4) is 44.9 Å². The summed E-state index contributed by atoms with van der Waals surface area (Å²) in [5.74, 6) is 0.627. The Labute approximate surface area is 242 Å². The molecule has 0 fully saturated rings. The van der Waals surface area contributed by atoms with Crippen LogP contribution in [0.25, 0.3) is 33.4 Å². The first-order valence-electron chi connectivity index (χ1n) is 13.2. The molecule has 5 aromatic rings. The van der Waals surface area contributed by atoms with E-state index in [2.05, 4.69) is 10.3 Å². The van der Waals surface area contributed by atoms with Crippen molar-refractivity contribution in [3.05, 3.63) is 113 Å². The number of rotatable bonds is 8. The molecule has 0 saturated heterocycles. The quantitative estimate of drug-likeness (QED) is 0.231. The van der Waals surface area contributed by atoms with Gasteiger partial charge in [0.2, 0.25) is 5.43 Å². The number of anilines is 2. The summed E-state index contributed by atoms with van der Waals surface area (Å²) in [5, 5.41) is 2.81. The van der Waals surface area contributed by atoms with Gasteiger partial charge in [-0.25, -0.2) is 9.37 Å². The molecule has 42 heavy (non-hydrogen) atoms. The molecular formula is C33H29FN4O4. The van der Waals surface area contributed by atoms with Crippen molar-refractivity contribution in [2.45, 2.75) is 13.5 Å². The number of carbonyl (C=O) groups excluding carboxylic acids is 1. The van der Waals surface area contributed by atoms with E-state index in [1.165, 1.54) is 30.5 Å². The zero-order valence-corrected chi connectivity index (χ0v) is 23.4. The number of ether oxygens (including phenoxy) is 2. The Balaban J connectivity index is 1.41. The molecule has 0 aliphatic carbocycles. The number of hydrogen-bond acceptors (Lipinski definition) is 6. The van der Waals surface area contributed by atoms with Gasteiger partial charge in [0.05, 0.1) is 14.2 Å². The number of nitrogen functional groups attached to an aromatic ring is 1. The number of methoxy groups -OCH3 is 2. The first kappa shape index (κ1) is 28.1. The molecular weight excluding hydrogens is 535 g/mol. The molecule has 2 aromatic heterocycles. The summed E-state index contributed by atoms with van der Waals surface area (Å²) in [5.41, 5.74) is 10.4. The predicted octanol–water partition coefficient (Wildman–Crippen LogP) is 6.26. The molecule has 212 valence electrons. The minimum Gasteiger partial charge on any atom is -0.493 e. The number of halogens is 1. The van der Waals surface area contributed by atoms with Crippen molar-refractivity contribution >= 4 is 17.4 Å². The number of nitrogens with two attached hydrogens (primary N) is 1. The molecule has 9 heteroatoms. The molecule has 5 rings (SSSR count). The molecule has 0 saturated carbocycles. The van der Waals surface area contributed by atoms with Crippen molar-refractivity contribution in [2.75, 3.05) is 25.3 Å². The van der Waals surface area contributed by atoms with E-state index in [9.17, 15) is 14.0 Å². The fraction of sp³-hybridized carbons (Fsp3) is 0.121. The van der Waals surface area contributed by atoms with Gasteiger partial charge in [-0.1, -0.05) is 30.3 Å². The maximum Gasteiger partial charge on any atom is 0.261 e. The monoisotopic (exact) mass is 564 g/mol. The van der Waals surface area contributed by atoms with Crippen LogP contribution in [0.3, 0.4) is 0 Å². The van der Waals surface area contributed by atoms with Gasteiger partial charge in [-0.2, -0.15) is 0 Å². The molecule has 0 aliphatic rings. The van der Waals surface area contributed by atoms with Gasteiger partial charge in [-0.3, -0.25) is 9.59 Å². The normalized spacial score (nSPS) is 10.8. The Kier molecular flexibility index (Phi) is 8.01. The summed E-state index contributed by atoms with van der Waals surface area (Å²) in [6.07, 6.45) is 4.87. The smallest absolute Gasteiger partial charge is 0.261 e. The van der Waals surface area contributed by atoms with Crippen LogP contribution >= 0.6 is 0 Å². The molecule has 1 amide bonds. The number of benzene rings is 3. The maximum absolute atomic E-state index is 13.4. The third-order valence-electron chi connectivity index (χ3n) is 6.93. The highest BCUT2D eigenvalue weighted by atomic mass is 19.1. The van der Waals surface area contributed by atoms with Crippen molar-refractivity contribution in [1.29, 1.82) is 0 Å². The minimum atomic E-state index is -0.546. The zero-order valence-electron chi connectivity index (χ0n) is 23.4. The SMILES string of the molecule is CCn1cc(C(=O)Nc2ccc(-c3cc(-c4ccc(OC)c(OC)c4)cnc3N)cc2)c(=O)c(-c2ccc(F)cc2)c1. The molecule has 0 atom stereocenters. The highest BCUT2D eigenvalue weighted by Gasteiger charge is 2.17. The van der Waals surface area contributed by atoms with Gasteiger partial charge in [0, 0.05) is 47.5 Å². The molecule has 3 aromatic carbocycles. The van der Waals surface area contributed by atoms with Gasteiger partial charge >= 0.3 is 0 Å². The standard InChI is InChI=1S/C33H29FN4O4/c1-4-38-18-27(21-5-10-24(34)11-6-21)31(39)28(19-38)33(40)37-25-12-7-20(8-13-25)26-15-23(17-36-32(26)35)22-9-14-29(41-2)30(16-22)42-3/h5-19H,4H2,1-3H3,(H2,35,36)(H,37,40). The number of amides is 1. The number of nitrogens with zero attached hydrogens (tertiary/aromatic N) is 2. The van der Waals surface area contributed by atoms with Crippen LogP contribution in [-0.4, -0.2) is 29.7 Å². The number of carbonyl (C=O) groups is 1. The van der Waals surface area contributed by atoms with Gasteiger partial charge in [0.15, 0.2) is 11.5 Å². The maximum atomic E-state index is 13.4. The second kappa shape index (κ2) is 12.0. The number of pyridine rings is 2. The van der Waals surface area contributed by atoms with Gasteiger partial charge in [0.1, 0.15) is 17.2 Å². The second-order valence-corrected chi connectivity index (χ2v) is 9.51. The van der Waals surface area contributed by atoms with E-state index in [4.69, 9.17) is 15.2 Å². The van der Waals surface area contributed by atoms with E-state index in [0.717, 1.165) is 22.3 Å². The van der Waals surface area contributed by atoms with E-state index in [-0.39, 0.29) is 5.56 Å². The average Bonchev–Trinajstić information content (AvgIpc) is 3.02. The lowest BCUT2D eigenvalue weighted by Gasteiger charge is -2.13. The van der Waals surface area contributed by atoms with Crippen LogP contribution in [-0.2, 0) is 6.54 Å². The molecule has 0 aliphatic heterocycles. The third-order valence-corrected chi connectivity index (χ3v) is 6.93. The first-order valence-corrected chi connectivity index (χ1v) is 13.2. The molecule has 0 bridgehead atoms. The number of hydrogen-bond donors (Lipinski definition) is 2. The van der Waals surface area contributed by atoms with Crippen molar-refractivity contribution in [2.24, 2.45) is 0 Å². The molecule has 8 nitrogen and oxygen atoms in total. The van der Waals surface area contributed by atoms with Crippen molar-refractivity contribution in [1.82, 2.24) is 9.55 Å². The Bertz CT molecular complexity index is 1820. The highest BCUT2D eigenvalue weighted by molar-refractivity contribution is 6.04. The third kappa shape index (κ3) is 5.71. The fourth-order valence-corrected chi connectivity index (χ4v) is 4.62. The van der Waals surface area contributed by atoms with E-state index in [1.807, 2.05) is 43.3 Å². The van der Waals surface area contributed by atoms with Crippen LogP contribution in [0.5, 0.6) is 11.5 Å². The average molecular weight is 565 g/mol. The Morgan fingerprint density at radius 1 is 0.857 bits per heavy atom. The summed E-state index contributed by atoms with van der Waals surface area (Å²) < 4.78 is 26.0. The topological polar surface area (TPSA) is 108 Å². The summed E-state index contributed by atoms with van der Waals surface area (Å²) in [6, 6.07) is 20.3. The van der Waals surface area contributed by atoms with E-state index < -0.39 is 17.2 Å². The Hall–Kier alpha value is -5.44. The van der Waals surface area contributed by atoms with Crippen molar-refractivity contribution < 1.29 is 18.7 Å². The van der Waals surface area contributed by atoms with Crippen LogP contribution < -0.4 is 26.0 Å². The molecule has 0 spiro atoms. The van der Waals surface area contributed by atoms with E-state index >= 15 is 0 Å². The predicted molar refractivity (Wildman–Crippen MR) is 162 cm³/mol. The van der Waals surface area contributed by atoms with Crippen LogP contribution in [0.2, 0.25) is 0 Å². The van der Waals surface area contributed by atoms with Gasteiger partial charge < -0.3 is 25.1 Å². The van der Waals surface area contributed by atoms with Crippen LogP contribution in [0.1, 0.15) is 17.3 Å². The highest BCUT2D eigenvalue weighted by Crippen LogP contribution is 2.35. The Morgan fingerprint density at radius 3 is 2.17 bits per heavy atom. The summed E-state index contributed by atoms with van der Waals surface area (Å²) >= 11 is 0. The van der Waals surface area contributed by atoms with Crippen LogP contribution in [0.4, 0.5) is 15.9 Å². The number of nitrogens with one attached hydrogen (secondary N) is 1. The van der Waals surface area contributed by atoms with E-state index in [0.29, 0.717) is 40.7 Å². The molecule has 2 heterocycles. The van der Waals surface area contributed by atoms with Crippen molar-refractivity contribution in [3.63, 3.8) is 0 Å². The van der Waals surface area contributed by atoms with Gasteiger partial charge in [-0.15, -0.1) is 0 Å². The lowest BCUT2D eigenvalue weighted by molar-refractivity contribution is 0.102. The summed E-state index contributed by atoms with van der Waals surface area (Å²) in [7, 11) is 3.16. The Morgan fingerprint density at radius 2 is 1.50 bits per heavy atom. The zero-order chi connectivity index (χ0) is 29.8. The first-order chi connectivity index (χ1) is 20.3. The summed E-state index contributed by atoms with van der Waals surface area (Å²) in [6.45, 7) is 2.45. The lowest BCUT2D eigenvalue weighted by Crippen LogP contribution is -2.24.